The van der Waals surface area contributed by atoms with Gasteiger partial charge in [0.25, 0.3) is 0 Å². The molecule has 1 heterocycles. The van der Waals surface area contributed by atoms with Crippen molar-refractivity contribution in [2.45, 2.75) is 25.7 Å². The fourth-order valence-corrected chi connectivity index (χ4v) is 2.30. The van der Waals surface area contributed by atoms with Crippen LogP contribution in [0.25, 0.3) is 0 Å². The Hall–Kier alpha value is -2.10. The van der Waals surface area contributed by atoms with E-state index >= 15 is 0 Å². The highest BCUT2D eigenvalue weighted by atomic mass is 16.5. The van der Waals surface area contributed by atoms with Crippen molar-refractivity contribution in [3.8, 4) is 0 Å². The summed E-state index contributed by atoms with van der Waals surface area (Å²) in [6.07, 6.45) is 6.75. The Bertz CT molecular complexity index is 545. The second kappa shape index (κ2) is 4.88. The molecule has 4 heteroatoms. The second-order valence-electron chi connectivity index (χ2n) is 5.13. The van der Waals surface area contributed by atoms with Gasteiger partial charge in [0, 0.05) is 5.41 Å². The average molecular weight is 256 g/mol. The van der Waals surface area contributed by atoms with Crippen molar-refractivity contribution < 1.29 is 9.32 Å². The van der Waals surface area contributed by atoms with E-state index in [1.807, 2.05) is 18.2 Å². The lowest BCUT2D eigenvalue weighted by Crippen LogP contribution is -2.24. The molecule has 1 amide bonds. The Morgan fingerprint density at radius 3 is 2.74 bits per heavy atom. The standard InChI is InChI=1S/C15H16N2O2/c18-14(17-13-10-16-19-11-13)15(8-9-15)7-6-12-4-2-1-3-5-12/h1-5,10-11H,6-9H2,(H,17,18). The van der Waals surface area contributed by atoms with Gasteiger partial charge in [0.2, 0.25) is 5.91 Å². The van der Waals surface area contributed by atoms with Crippen LogP contribution in [0.1, 0.15) is 24.8 Å². The van der Waals surface area contributed by atoms with Crippen LogP contribution in [0.4, 0.5) is 5.69 Å². The number of hydrogen-bond acceptors (Lipinski definition) is 3. The molecule has 0 spiro atoms. The van der Waals surface area contributed by atoms with Gasteiger partial charge in [-0.25, -0.2) is 0 Å². The minimum Gasteiger partial charge on any atom is -0.363 e. The molecule has 0 unspecified atom stereocenters. The van der Waals surface area contributed by atoms with Crippen LogP contribution >= 0.6 is 0 Å². The Labute approximate surface area is 111 Å². The first-order valence-electron chi connectivity index (χ1n) is 6.53. The minimum atomic E-state index is -0.187. The lowest BCUT2D eigenvalue weighted by molar-refractivity contribution is -0.121. The number of amides is 1. The number of nitrogens with zero attached hydrogens (tertiary/aromatic N) is 1. The van der Waals surface area contributed by atoms with E-state index in [1.165, 1.54) is 18.0 Å². The topological polar surface area (TPSA) is 55.1 Å². The van der Waals surface area contributed by atoms with Crippen LogP contribution in [-0.4, -0.2) is 11.1 Å². The second-order valence-corrected chi connectivity index (χ2v) is 5.13. The number of rotatable bonds is 5. The van der Waals surface area contributed by atoms with E-state index in [0.29, 0.717) is 5.69 Å². The maximum atomic E-state index is 12.2. The smallest absolute Gasteiger partial charge is 0.230 e. The van der Waals surface area contributed by atoms with Crippen molar-refractivity contribution in [1.82, 2.24) is 5.16 Å². The normalized spacial score (nSPS) is 16.0. The van der Waals surface area contributed by atoms with Gasteiger partial charge >= 0.3 is 0 Å². The first-order chi connectivity index (χ1) is 9.28. The maximum absolute atomic E-state index is 12.2. The zero-order valence-corrected chi connectivity index (χ0v) is 10.6. The van der Waals surface area contributed by atoms with Crippen molar-refractivity contribution in [2.24, 2.45) is 5.41 Å². The highest BCUT2D eigenvalue weighted by molar-refractivity contribution is 5.96. The van der Waals surface area contributed by atoms with E-state index in [4.69, 9.17) is 4.52 Å². The number of anilines is 1. The van der Waals surface area contributed by atoms with Gasteiger partial charge in [0.1, 0.15) is 12.0 Å². The van der Waals surface area contributed by atoms with E-state index in [9.17, 15) is 4.79 Å². The molecule has 1 aliphatic carbocycles. The van der Waals surface area contributed by atoms with E-state index in [0.717, 1.165) is 25.7 Å². The van der Waals surface area contributed by atoms with E-state index < -0.39 is 0 Å². The van der Waals surface area contributed by atoms with Crippen LogP contribution in [0.2, 0.25) is 0 Å². The van der Waals surface area contributed by atoms with Crippen LogP contribution in [0.3, 0.4) is 0 Å². The summed E-state index contributed by atoms with van der Waals surface area (Å²) in [4.78, 5) is 12.2. The number of hydrogen-bond donors (Lipinski definition) is 1. The summed E-state index contributed by atoms with van der Waals surface area (Å²) in [6.45, 7) is 0. The number of benzene rings is 1. The summed E-state index contributed by atoms with van der Waals surface area (Å²) in [7, 11) is 0. The minimum absolute atomic E-state index is 0.0895. The zero-order chi connectivity index (χ0) is 13.1. The number of carbonyl (C=O) groups is 1. The third-order valence-corrected chi connectivity index (χ3v) is 3.76. The number of carbonyl (C=O) groups excluding carboxylic acids is 1. The molecule has 0 aliphatic heterocycles. The van der Waals surface area contributed by atoms with Gasteiger partial charge in [-0.05, 0) is 31.2 Å². The fourth-order valence-electron chi connectivity index (χ4n) is 2.30. The molecule has 0 saturated heterocycles. The molecule has 2 aromatic rings. The number of aryl methyl sites for hydroxylation is 1. The highest BCUT2D eigenvalue weighted by Gasteiger charge is 2.49. The zero-order valence-electron chi connectivity index (χ0n) is 10.6. The quantitative estimate of drug-likeness (QED) is 0.894. The maximum Gasteiger partial charge on any atom is 0.230 e. The van der Waals surface area contributed by atoms with Crippen molar-refractivity contribution >= 4 is 11.6 Å². The third kappa shape index (κ3) is 2.67. The summed E-state index contributed by atoms with van der Waals surface area (Å²) >= 11 is 0. The van der Waals surface area contributed by atoms with Gasteiger partial charge in [-0.2, -0.15) is 0 Å². The largest absolute Gasteiger partial charge is 0.363 e. The van der Waals surface area contributed by atoms with Crippen LogP contribution < -0.4 is 5.32 Å². The van der Waals surface area contributed by atoms with Crippen LogP contribution in [0.15, 0.2) is 47.3 Å². The van der Waals surface area contributed by atoms with Crippen molar-refractivity contribution in [2.75, 3.05) is 5.32 Å². The highest BCUT2D eigenvalue weighted by Crippen LogP contribution is 2.50. The van der Waals surface area contributed by atoms with Gasteiger partial charge in [0.15, 0.2) is 0 Å². The van der Waals surface area contributed by atoms with E-state index in [1.54, 1.807) is 0 Å². The summed E-state index contributed by atoms with van der Waals surface area (Å²) in [6, 6.07) is 10.3. The SMILES string of the molecule is O=C(Nc1cnoc1)C1(CCc2ccccc2)CC1. The van der Waals surface area contributed by atoms with Crippen LogP contribution in [-0.2, 0) is 11.2 Å². The lowest BCUT2D eigenvalue weighted by Gasteiger charge is -2.14. The van der Waals surface area contributed by atoms with E-state index in [2.05, 4.69) is 22.6 Å². The molecule has 4 nitrogen and oxygen atoms in total. The third-order valence-electron chi connectivity index (χ3n) is 3.76. The predicted molar refractivity (Wildman–Crippen MR) is 71.6 cm³/mol. The first kappa shape index (κ1) is 12.0. The molecule has 0 radical (unpaired) electrons. The number of aromatic nitrogens is 1. The molecule has 1 aromatic heterocycles. The molecular weight excluding hydrogens is 240 g/mol. The molecule has 98 valence electrons. The summed E-state index contributed by atoms with van der Waals surface area (Å²) < 4.78 is 4.71. The number of nitrogens with one attached hydrogen (secondary N) is 1. The fraction of sp³-hybridized carbons (Fsp3) is 0.333. The Kier molecular flexibility index (Phi) is 3.07. The molecule has 19 heavy (non-hydrogen) atoms. The summed E-state index contributed by atoms with van der Waals surface area (Å²) in [5.74, 6) is 0.0895. The lowest BCUT2D eigenvalue weighted by atomic mass is 9.96. The molecule has 1 saturated carbocycles. The molecule has 0 bridgehead atoms. The van der Waals surface area contributed by atoms with Gasteiger partial charge in [-0.3, -0.25) is 4.79 Å². The van der Waals surface area contributed by atoms with Gasteiger partial charge in [-0.15, -0.1) is 0 Å². The Balaban J connectivity index is 1.59. The average Bonchev–Trinajstić information content (AvgIpc) is 3.08. The van der Waals surface area contributed by atoms with Gasteiger partial charge in [0.05, 0.1) is 6.20 Å². The molecule has 1 fully saturated rings. The van der Waals surface area contributed by atoms with E-state index in [-0.39, 0.29) is 11.3 Å². The van der Waals surface area contributed by atoms with Crippen LogP contribution in [0.5, 0.6) is 0 Å². The van der Waals surface area contributed by atoms with Gasteiger partial charge < -0.3 is 9.84 Å². The predicted octanol–water partition coefficient (Wildman–Crippen LogP) is 3.03. The monoisotopic (exact) mass is 256 g/mol. The summed E-state index contributed by atoms with van der Waals surface area (Å²) in [5, 5.41) is 6.45. The molecule has 1 N–H and O–H groups in total. The van der Waals surface area contributed by atoms with Crippen molar-refractivity contribution in [3.63, 3.8) is 0 Å². The molecule has 3 rings (SSSR count). The molecule has 1 aromatic carbocycles. The first-order valence-corrected chi connectivity index (χ1v) is 6.53. The summed E-state index contributed by atoms with van der Waals surface area (Å²) in [5.41, 5.74) is 1.73. The van der Waals surface area contributed by atoms with Gasteiger partial charge in [-0.1, -0.05) is 35.5 Å². The Morgan fingerprint density at radius 2 is 2.11 bits per heavy atom. The van der Waals surface area contributed by atoms with Crippen molar-refractivity contribution in [3.05, 3.63) is 48.4 Å². The van der Waals surface area contributed by atoms with Crippen LogP contribution in [0, 0.1) is 5.41 Å². The molecule has 0 atom stereocenters. The molecular formula is C15H16N2O2. The Morgan fingerprint density at radius 1 is 1.32 bits per heavy atom. The van der Waals surface area contributed by atoms with Crippen molar-refractivity contribution in [1.29, 1.82) is 0 Å². The molecule has 1 aliphatic rings.